The molecule has 0 radical (unpaired) electrons. The van der Waals surface area contributed by atoms with Crippen molar-refractivity contribution in [2.75, 3.05) is 46.4 Å². The van der Waals surface area contributed by atoms with Crippen molar-refractivity contribution in [1.82, 2.24) is 14.7 Å². The van der Waals surface area contributed by atoms with E-state index in [1.54, 1.807) is 26.2 Å². The standard InChI is InChI=1S/C30H37N3O4.2ClH/c1-4-36-29(34)26-21-33(20-23-9-7-6-8-10-23)22-27(30(35)37-5-2)28(26)25-13-11-24(12-14-25)19-32-17-15-31(3)16-18-32;;/h6-14,21-22,28H,4-5,15-20H2,1-3H3;2*1H. The lowest BCUT2D eigenvalue weighted by molar-refractivity contribution is -0.139. The van der Waals surface area contributed by atoms with Crippen molar-refractivity contribution in [3.05, 3.63) is 94.8 Å². The Morgan fingerprint density at radius 2 is 1.26 bits per heavy atom. The number of likely N-dealkylation sites (N-methyl/N-ethyl adjacent to an activating group) is 1. The molecule has 2 aliphatic heterocycles. The third-order valence-electron chi connectivity index (χ3n) is 6.78. The van der Waals surface area contributed by atoms with E-state index in [0.717, 1.165) is 43.9 Å². The second kappa shape index (κ2) is 15.7. The van der Waals surface area contributed by atoms with Crippen LogP contribution in [-0.4, -0.2) is 73.1 Å². The zero-order valence-electron chi connectivity index (χ0n) is 22.9. The first-order chi connectivity index (χ1) is 18.0. The van der Waals surface area contributed by atoms with E-state index < -0.39 is 17.9 Å². The van der Waals surface area contributed by atoms with Crippen LogP contribution in [0.5, 0.6) is 0 Å². The van der Waals surface area contributed by atoms with Crippen LogP contribution in [0.4, 0.5) is 0 Å². The van der Waals surface area contributed by atoms with E-state index in [9.17, 15) is 9.59 Å². The number of esters is 2. The molecule has 2 heterocycles. The maximum atomic E-state index is 13.2. The van der Waals surface area contributed by atoms with Gasteiger partial charge in [-0.3, -0.25) is 4.90 Å². The minimum absolute atomic E-state index is 0. The molecule has 4 rings (SSSR count). The Bertz CT molecular complexity index is 1090. The Balaban J connectivity index is 0.00000267. The molecule has 0 N–H and O–H groups in total. The Hall–Kier alpha value is -2.84. The van der Waals surface area contributed by atoms with Crippen molar-refractivity contribution in [3.8, 4) is 0 Å². The highest BCUT2D eigenvalue weighted by Crippen LogP contribution is 2.37. The van der Waals surface area contributed by atoms with Gasteiger partial charge in [0, 0.05) is 51.7 Å². The molecule has 0 amide bonds. The van der Waals surface area contributed by atoms with Crippen molar-refractivity contribution in [3.63, 3.8) is 0 Å². The second-order valence-corrected chi connectivity index (χ2v) is 9.52. The molecule has 7 nitrogen and oxygen atoms in total. The van der Waals surface area contributed by atoms with Crippen LogP contribution in [0.25, 0.3) is 0 Å². The van der Waals surface area contributed by atoms with Gasteiger partial charge in [0.05, 0.1) is 30.3 Å². The largest absolute Gasteiger partial charge is 0.463 e. The van der Waals surface area contributed by atoms with Gasteiger partial charge in [0.2, 0.25) is 0 Å². The number of carbonyl (C=O) groups is 2. The van der Waals surface area contributed by atoms with E-state index >= 15 is 0 Å². The second-order valence-electron chi connectivity index (χ2n) is 9.52. The van der Waals surface area contributed by atoms with E-state index in [0.29, 0.717) is 17.7 Å². The summed E-state index contributed by atoms with van der Waals surface area (Å²) in [6, 6.07) is 18.2. The van der Waals surface area contributed by atoms with Crippen LogP contribution in [0.3, 0.4) is 0 Å². The normalized spacial score (nSPS) is 16.3. The Morgan fingerprint density at radius 3 is 1.77 bits per heavy atom. The zero-order valence-corrected chi connectivity index (χ0v) is 24.5. The van der Waals surface area contributed by atoms with Gasteiger partial charge in [0.25, 0.3) is 0 Å². The van der Waals surface area contributed by atoms with Crippen LogP contribution in [0.15, 0.2) is 78.1 Å². The van der Waals surface area contributed by atoms with Gasteiger partial charge in [-0.25, -0.2) is 9.59 Å². The average molecular weight is 577 g/mol. The minimum atomic E-state index is -0.567. The van der Waals surface area contributed by atoms with E-state index in [-0.39, 0.29) is 38.0 Å². The highest BCUT2D eigenvalue weighted by atomic mass is 35.5. The first-order valence-corrected chi connectivity index (χ1v) is 13.1. The fraction of sp³-hybridized carbons (Fsp3) is 0.400. The summed E-state index contributed by atoms with van der Waals surface area (Å²) < 4.78 is 10.9. The number of benzene rings is 2. The van der Waals surface area contributed by atoms with Crippen LogP contribution >= 0.6 is 24.8 Å². The lowest BCUT2D eigenvalue weighted by atomic mass is 9.83. The summed E-state index contributed by atoms with van der Waals surface area (Å²) in [5.41, 5.74) is 3.98. The van der Waals surface area contributed by atoms with Gasteiger partial charge in [-0.2, -0.15) is 0 Å². The fourth-order valence-electron chi connectivity index (χ4n) is 4.81. The van der Waals surface area contributed by atoms with Crippen LogP contribution in [0.1, 0.15) is 36.5 Å². The number of nitrogens with zero attached hydrogens (tertiary/aromatic N) is 3. The third kappa shape index (κ3) is 8.57. The number of rotatable bonds is 9. The lowest BCUT2D eigenvalue weighted by Gasteiger charge is -2.32. The molecule has 212 valence electrons. The molecule has 39 heavy (non-hydrogen) atoms. The number of carbonyl (C=O) groups excluding carboxylic acids is 2. The summed E-state index contributed by atoms with van der Waals surface area (Å²) >= 11 is 0. The van der Waals surface area contributed by atoms with Crippen LogP contribution in [-0.2, 0) is 32.2 Å². The molecule has 0 saturated carbocycles. The molecule has 2 aliphatic rings. The van der Waals surface area contributed by atoms with Crippen LogP contribution in [0, 0.1) is 0 Å². The predicted octanol–water partition coefficient (Wildman–Crippen LogP) is 4.77. The highest BCUT2D eigenvalue weighted by molar-refractivity contribution is 5.98. The Morgan fingerprint density at radius 1 is 0.744 bits per heavy atom. The van der Waals surface area contributed by atoms with Gasteiger partial charge < -0.3 is 19.3 Å². The van der Waals surface area contributed by atoms with Crippen molar-refractivity contribution in [2.45, 2.75) is 32.9 Å². The Kier molecular flexibility index (Phi) is 13.0. The van der Waals surface area contributed by atoms with E-state index in [4.69, 9.17) is 9.47 Å². The molecule has 1 fully saturated rings. The predicted molar refractivity (Wildman–Crippen MR) is 158 cm³/mol. The van der Waals surface area contributed by atoms with E-state index in [1.807, 2.05) is 47.4 Å². The van der Waals surface area contributed by atoms with E-state index in [2.05, 4.69) is 29.0 Å². The molecule has 0 aromatic heterocycles. The Labute approximate surface area is 244 Å². The monoisotopic (exact) mass is 575 g/mol. The summed E-state index contributed by atoms with van der Waals surface area (Å²) in [7, 11) is 2.15. The van der Waals surface area contributed by atoms with Gasteiger partial charge in [-0.05, 0) is 37.6 Å². The molecule has 2 aromatic rings. The lowest BCUT2D eigenvalue weighted by Crippen LogP contribution is -2.43. The maximum Gasteiger partial charge on any atom is 0.336 e. The zero-order chi connectivity index (χ0) is 26.2. The first-order valence-electron chi connectivity index (χ1n) is 13.1. The maximum absolute atomic E-state index is 13.2. The van der Waals surface area contributed by atoms with Crippen LogP contribution < -0.4 is 0 Å². The number of piperazine rings is 1. The summed E-state index contributed by atoms with van der Waals surface area (Å²) in [6.45, 7) is 9.71. The molecule has 2 aromatic carbocycles. The molecule has 1 saturated heterocycles. The molecule has 0 bridgehead atoms. The fourth-order valence-corrected chi connectivity index (χ4v) is 4.81. The quantitative estimate of drug-likeness (QED) is 0.399. The van der Waals surface area contributed by atoms with Gasteiger partial charge in [0.1, 0.15) is 0 Å². The van der Waals surface area contributed by atoms with Gasteiger partial charge in [-0.1, -0.05) is 54.6 Å². The molecule has 0 atom stereocenters. The molecular formula is C30H39Cl2N3O4. The summed E-state index contributed by atoms with van der Waals surface area (Å²) in [5, 5.41) is 0. The van der Waals surface area contributed by atoms with E-state index in [1.165, 1.54) is 5.56 Å². The number of hydrogen-bond acceptors (Lipinski definition) is 7. The van der Waals surface area contributed by atoms with Crippen molar-refractivity contribution in [1.29, 1.82) is 0 Å². The number of ether oxygens (including phenoxy) is 2. The summed E-state index contributed by atoms with van der Waals surface area (Å²) in [4.78, 5) is 33.0. The average Bonchev–Trinajstić information content (AvgIpc) is 2.91. The first kappa shape index (κ1) is 32.4. The number of hydrogen-bond donors (Lipinski definition) is 0. The summed E-state index contributed by atoms with van der Waals surface area (Å²) in [6.07, 6.45) is 3.60. The smallest absolute Gasteiger partial charge is 0.336 e. The van der Waals surface area contributed by atoms with Gasteiger partial charge in [-0.15, -0.1) is 24.8 Å². The molecule has 0 aliphatic carbocycles. The van der Waals surface area contributed by atoms with Gasteiger partial charge >= 0.3 is 11.9 Å². The topological polar surface area (TPSA) is 62.3 Å². The number of halogens is 2. The van der Waals surface area contributed by atoms with Crippen molar-refractivity contribution in [2.24, 2.45) is 0 Å². The van der Waals surface area contributed by atoms with Crippen LogP contribution in [0.2, 0.25) is 0 Å². The molecular weight excluding hydrogens is 537 g/mol. The SMILES string of the molecule is CCOC(=O)C1=CN(Cc2ccccc2)C=C(C(=O)OCC)C1c1ccc(CN2CCN(C)CC2)cc1.Cl.Cl. The molecule has 0 unspecified atom stereocenters. The minimum Gasteiger partial charge on any atom is -0.463 e. The molecule has 9 heteroatoms. The third-order valence-corrected chi connectivity index (χ3v) is 6.78. The van der Waals surface area contributed by atoms with Crippen molar-refractivity contribution >= 4 is 36.8 Å². The van der Waals surface area contributed by atoms with Gasteiger partial charge in [0.15, 0.2) is 0 Å². The highest BCUT2D eigenvalue weighted by Gasteiger charge is 2.35. The van der Waals surface area contributed by atoms with Crippen molar-refractivity contribution < 1.29 is 19.1 Å². The molecule has 0 spiro atoms. The summed E-state index contributed by atoms with van der Waals surface area (Å²) in [5.74, 6) is -1.42.